The second kappa shape index (κ2) is 18.0. The van der Waals surface area contributed by atoms with Crippen molar-refractivity contribution in [1.29, 1.82) is 0 Å². The Kier molecular flexibility index (Phi) is 14.8. The molecule has 1 aliphatic heterocycles. The third kappa shape index (κ3) is 11.3. The quantitative estimate of drug-likeness (QED) is 0.146. The van der Waals surface area contributed by atoms with Gasteiger partial charge in [0.1, 0.15) is 12.1 Å². The highest BCUT2D eigenvalue weighted by Gasteiger charge is 2.48. The van der Waals surface area contributed by atoms with E-state index in [-0.39, 0.29) is 42.4 Å². The Hall–Kier alpha value is -3.85. The lowest BCUT2D eigenvalue weighted by molar-refractivity contribution is -0.145. The number of rotatable bonds is 16. The van der Waals surface area contributed by atoms with E-state index < -0.39 is 74.6 Å². The molecule has 1 aromatic rings. The van der Waals surface area contributed by atoms with E-state index in [1.807, 2.05) is 55.4 Å². The lowest BCUT2D eigenvalue weighted by atomic mass is 9.80. The van der Waals surface area contributed by atoms with Crippen molar-refractivity contribution in [2.24, 2.45) is 28.6 Å². The molecule has 1 saturated carbocycles. The first-order chi connectivity index (χ1) is 24.6. The third-order valence-corrected chi connectivity index (χ3v) is 12.1. The Morgan fingerprint density at radius 2 is 1.66 bits per heavy atom. The molecule has 3 rings (SSSR count). The summed E-state index contributed by atoms with van der Waals surface area (Å²) in [6.45, 7) is 18.9. The van der Waals surface area contributed by atoms with Gasteiger partial charge in [-0.25, -0.2) is 18.2 Å². The van der Waals surface area contributed by atoms with Crippen molar-refractivity contribution in [3.63, 3.8) is 0 Å². The van der Waals surface area contributed by atoms with Crippen LogP contribution in [0.15, 0.2) is 42.1 Å². The molecule has 2 heterocycles. The fourth-order valence-corrected chi connectivity index (χ4v) is 7.86. The maximum Gasteiger partial charge on any atom is 0.315 e. The molecule has 2 fully saturated rings. The van der Waals surface area contributed by atoms with E-state index in [1.165, 1.54) is 30.3 Å². The van der Waals surface area contributed by atoms with Crippen LogP contribution >= 0.6 is 0 Å². The zero-order chi connectivity index (χ0) is 39.9. The van der Waals surface area contributed by atoms with Crippen LogP contribution in [-0.2, 0) is 29.2 Å². The number of urea groups is 1. The van der Waals surface area contributed by atoms with Crippen molar-refractivity contribution in [3.05, 3.63) is 37.1 Å². The van der Waals surface area contributed by atoms with Crippen molar-refractivity contribution < 1.29 is 32.4 Å². The maximum absolute atomic E-state index is 14.5. The number of Topliss-reactive ketones (excluding diaryl/α,β-unsaturated/α-hetero) is 1. The minimum atomic E-state index is -3.95. The fourth-order valence-electron chi connectivity index (χ4n) is 6.75. The Bertz CT molecular complexity index is 1580. The first-order valence-electron chi connectivity index (χ1n) is 18.6. The molecule has 2 unspecified atom stereocenters. The summed E-state index contributed by atoms with van der Waals surface area (Å²) in [5.41, 5.74) is -1.39. The number of carbonyl (C=O) groups excluding carboxylic acids is 5. The summed E-state index contributed by atoms with van der Waals surface area (Å²) in [4.78, 5) is 73.9. The number of likely N-dealkylation sites (N-methyl/N-ethyl adjacent to an activating group) is 1. The lowest BCUT2D eigenvalue weighted by Gasteiger charge is -2.38. The summed E-state index contributed by atoms with van der Waals surface area (Å²) in [6, 6.07) is 0.218. The van der Waals surface area contributed by atoms with Crippen LogP contribution in [-0.4, -0.2) is 103 Å². The highest BCUT2D eigenvalue weighted by molar-refractivity contribution is 7.89. The van der Waals surface area contributed by atoms with Gasteiger partial charge in [-0.05, 0) is 53.6 Å². The van der Waals surface area contributed by atoms with Gasteiger partial charge in [0.05, 0.1) is 6.04 Å². The zero-order valence-corrected chi connectivity index (χ0v) is 33.7. The van der Waals surface area contributed by atoms with Gasteiger partial charge in [-0.2, -0.15) is 4.31 Å². The van der Waals surface area contributed by atoms with Crippen molar-refractivity contribution >= 4 is 39.6 Å². The molecule has 5 atom stereocenters. The van der Waals surface area contributed by atoms with Crippen LogP contribution in [0.1, 0.15) is 87.5 Å². The first-order valence-corrected chi connectivity index (χ1v) is 20.0. The van der Waals surface area contributed by atoms with Gasteiger partial charge in [0.2, 0.25) is 17.6 Å². The first kappa shape index (κ1) is 43.6. The van der Waals surface area contributed by atoms with E-state index >= 15 is 0 Å². The Morgan fingerprint density at radius 1 is 1.00 bits per heavy atom. The number of nitrogens with zero attached hydrogens (tertiary/aromatic N) is 3. The predicted octanol–water partition coefficient (Wildman–Crippen LogP) is 3.25. The molecular weight excluding hydrogens is 699 g/mol. The molecule has 1 aliphatic carbocycles. The molecule has 0 radical (unpaired) electrons. The van der Waals surface area contributed by atoms with Gasteiger partial charge in [-0.3, -0.25) is 19.2 Å². The summed E-state index contributed by atoms with van der Waals surface area (Å²) in [5, 5.41) is 11.0. The van der Waals surface area contributed by atoms with Crippen molar-refractivity contribution in [1.82, 2.24) is 35.5 Å². The van der Waals surface area contributed by atoms with Crippen molar-refractivity contribution in [2.45, 2.75) is 117 Å². The summed E-state index contributed by atoms with van der Waals surface area (Å²) in [7, 11) is -2.53. The molecule has 5 amide bonds. The van der Waals surface area contributed by atoms with Crippen molar-refractivity contribution in [3.8, 4) is 0 Å². The van der Waals surface area contributed by atoms with Gasteiger partial charge in [-0.15, -0.1) is 6.58 Å². The number of hydrogen-bond acceptors (Lipinski definition) is 8. The van der Waals surface area contributed by atoms with Crippen LogP contribution in [0.25, 0.3) is 0 Å². The number of likely N-dealkylation sites (tertiary alicyclic amines) is 1. The topological polar surface area (TPSA) is 187 Å². The second-order valence-corrected chi connectivity index (χ2v) is 18.9. The molecule has 0 spiro atoms. The van der Waals surface area contributed by atoms with Crippen LogP contribution < -0.4 is 21.3 Å². The molecule has 4 N–H and O–H groups in total. The normalized spacial score (nSPS) is 19.9. The maximum atomic E-state index is 14.5. The minimum absolute atomic E-state index is 0.0106. The molecule has 0 aromatic carbocycles. The van der Waals surface area contributed by atoms with Gasteiger partial charge < -0.3 is 26.2 Å². The SMILES string of the molecule is C=CCNC(=O)C(=O)C(CC1CCC1)NC(=O)[C@@H]1C(C(C)C)CCN1C(=O)[C@@H](NC(=O)N[C@H](CN(C)S(=O)(=O)c1ccccn1)C(C)(C)C)C(C)(C)C. The molecule has 1 saturated heterocycles. The van der Waals surface area contributed by atoms with Crippen LogP contribution in [0.2, 0.25) is 0 Å². The number of pyridine rings is 1. The molecular formula is C38H61N7O7S. The number of nitrogens with one attached hydrogen (secondary N) is 4. The Balaban J connectivity index is 1.84. The summed E-state index contributed by atoms with van der Waals surface area (Å²) >= 11 is 0. The molecule has 0 bridgehead atoms. The van der Waals surface area contributed by atoms with Crippen LogP contribution in [0, 0.1) is 28.6 Å². The van der Waals surface area contributed by atoms with Gasteiger partial charge in [0.25, 0.3) is 15.9 Å². The van der Waals surface area contributed by atoms with Crippen LogP contribution in [0.5, 0.6) is 0 Å². The van der Waals surface area contributed by atoms with E-state index in [4.69, 9.17) is 0 Å². The molecule has 14 nitrogen and oxygen atoms in total. The van der Waals surface area contributed by atoms with E-state index in [2.05, 4.69) is 32.8 Å². The highest BCUT2D eigenvalue weighted by atomic mass is 32.2. The Morgan fingerprint density at radius 3 is 2.17 bits per heavy atom. The highest BCUT2D eigenvalue weighted by Crippen LogP contribution is 2.35. The van der Waals surface area contributed by atoms with Gasteiger partial charge in [0, 0.05) is 38.9 Å². The van der Waals surface area contributed by atoms with Crippen LogP contribution in [0.3, 0.4) is 0 Å². The second-order valence-electron chi connectivity index (χ2n) is 16.9. The third-order valence-electron chi connectivity index (χ3n) is 10.4. The average Bonchev–Trinajstić information content (AvgIpc) is 3.51. The van der Waals surface area contributed by atoms with E-state index in [1.54, 1.807) is 12.1 Å². The van der Waals surface area contributed by atoms with Crippen LogP contribution in [0.4, 0.5) is 4.79 Å². The monoisotopic (exact) mass is 759 g/mol. The summed E-state index contributed by atoms with van der Waals surface area (Å²) < 4.78 is 27.6. The van der Waals surface area contributed by atoms with E-state index in [0.717, 1.165) is 23.6 Å². The zero-order valence-electron chi connectivity index (χ0n) is 32.9. The molecule has 53 heavy (non-hydrogen) atoms. The predicted molar refractivity (Wildman–Crippen MR) is 203 cm³/mol. The van der Waals surface area contributed by atoms with Gasteiger partial charge in [0.15, 0.2) is 5.03 Å². The number of carbonyl (C=O) groups is 5. The standard InChI is InChI=1S/C38H61N7O7S/c1-11-19-40-34(48)31(46)27(22-25-15-14-16-25)41-33(47)30-26(24(2)3)18-21-45(30)35(49)32(38(7,8)9)43-36(50)42-28(37(4,5)6)23-44(10)53(51,52)29-17-12-13-20-39-29/h11-13,17,20,24-28,30,32H,1,14-16,18-19,21-23H2,2-10H3,(H,40,48)(H,41,47)(H2,42,43,50)/t26?,27?,28-,30+,32-/m1/s1. The molecule has 1 aromatic heterocycles. The lowest BCUT2D eigenvalue weighted by Crippen LogP contribution is -2.62. The number of amides is 5. The van der Waals surface area contributed by atoms with E-state index in [9.17, 15) is 32.4 Å². The summed E-state index contributed by atoms with van der Waals surface area (Å²) in [5.74, 6) is -2.51. The number of aromatic nitrogens is 1. The molecule has 2 aliphatic rings. The number of ketones is 1. The van der Waals surface area contributed by atoms with Crippen molar-refractivity contribution in [2.75, 3.05) is 26.7 Å². The Labute approximate surface area is 315 Å². The van der Waals surface area contributed by atoms with Gasteiger partial charge >= 0.3 is 6.03 Å². The number of sulfonamides is 1. The minimum Gasteiger partial charge on any atom is -0.346 e. The summed E-state index contributed by atoms with van der Waals surface area (Å²) in [6.07, 6.45) is 6.57. The van der Waals surface area contributed by atoms with Gasteiger partial charge in [-0.1, -0.05) is 86.8 Å². The molecule has 296 valence electrons. The largest absolute Gasteiger partial charge is 0.346 e. The average molecular weight is 760 g/mol. The number of hydrogen-bond donors (Lipinski definition) is 4. The van der Waals surface area contributed by atoms with E-state index in [0.29, 0.717) is 12.8 Å². The smallest absolute Gasteiger partial charge is 0.315 e. The fraction of sp³-hybridized carbons (Fsp3) is 0.684. The molecule has 15 heteroatoms.